The van der Waals surface area contributed by atoms with Crippen LogP contribution in [0.1, 0.15) is 10.4 Å². The Morgan fingerprint density at radius 1 is 1.38 bits per heavy atom. The van der Waals surface area contributed by atoms with Crippen molar-refractivity contribution in [3.63, 3.8) is 0 Å². The largest absolute Gasteiger partial charge is 0.478 e. The van der Waals surface area contributed by atoms with Crippen molar-refractivity contribution in [1.29, 1.82) is 0 Å². The molecule has 1 aliphatic heterocycles. The summed E-state index contributed by atoms with van der Waals surface area (Å²) in [7, 11) is 0. The third-order valence-corrected chi connectivity index (χ3v) is 1.86. The van der Waals surface area contributed by atoms with E-state index in [2.05, 4.69) is 0 Å². The van der Waals surface area contributed by atoms with Crippen LogP contribution < -0.4 is 4.74 Å². The van der Waals surface area contributed by atoms with Gasteiger partial charge in [-0.1, -0.05) is 12.1 Å². The van der Waals surface area contributed by atoms with Gasteiger partial charge in [0.1, 0.15) is 5.75 Å². The van der Waals surface area contributed by atoms with Crippen LogP contribution in [0.5, 0.6) is 5.75 Å². The monoisotopic (exact) mass is 178 g/mol. The Bertz CT molecular complexity index is 383. The van der Waals surface area contributed by atoms with E-state index >= 15 is 0 Å². The van der Waals surface area contributed by atoms with Crippen LogP contribution in [0.25, 0.3) is 0 Å². The Morgan fingerprint density at radius 2 is 2.08 bits per heavy atom. The number of ketones is 1. The Labute approximate surface area is 73.8 Å². The maximum Gasteiger partial charge on any atom is 0.353 e. The number of carboxylic acids is 1. The highest BCUT2D eigenvalue weighted by Crippen LogP contribution is 2.27. The zero-order chi connectivity index (χ0) is 9.42. The van der Waals surface area contributed by atoms with E-state index < -0.39 is 17.9 Å². The van der Waals surface area contributed by atoms with Gasteiger partial charge in [0.15, 0.2) is 0 Å². The van der Waals surface area contributed by atoms with E-state index in [0.29, 0.717) is 11.3 Å². The summed E-state index contributed by atoms with van der Waals surface area (Å²) in [6, 6.07) is 6.50. The summed E-state index contributed by atoms with van der Waals surface area (Å²) in [4.78, 5) is 21.9. The first-order valence-corrected chi connectivity index (χ1v) is 3.73. The van der Waals surface area contributed by atoms with Crippen molar-refractivity contribution in [2.45, 2.75) is 6.10 Å². The molecule has 1 heterocycles. The maximum atomic E-state index is 11.3. The quantitative estimate of drug-likeness (QED) is 0.643. The molecule has 1 aromatic rings. The van der Waals surface area contributed by atoms with Crippen molar-refractivity contribution in [2.24, 2.45) is 0 Å². The Balaban J connectivity index is 2.44. The first-order chi connectivity index (χ1) is 6.20. The van der Waals surface area contributed by atoms with Crippen LogP contribution in [-0.2, 0) is 4.79 Å². The molecule has 0 radical (unpaired) electrons. The number of ether oxygens (including phenoxy) is 1. The number of benzene rings is 1. The number of para-hydroxylation sites is 1. The van der Waals surface area contributed by atoms with E-state index in [1.54, 1.807) is 24.3 Å². The molecule has 1 N–H and O–H groups in total. The number of hydrogen-bond acceptors (Lipinski definition) is 3. The Kier molecular flexibility index (Phi) is 1.55. The molecule has 0 saturated carbocycles. The number of carboxylic acid groups (broad SMARTS) is 1. The maximum absolute atomic E-state index is 11.3. The van der Waals surface area contributed by atoms with Crippen LogP contribution in [0.2, 0.25) is 0 Å². The molecule has 66 valence electrons. The van der Waals surface area contributed by atoms with Gasteiger partial charge in [-0.3, -0.25) is 4.79 Å². The van der Waals surface area contributed by atoms with Crippen molar-refractivity contribution in [3.8, 4) is 5.75 Å². The fourth-order valence-electron chi connectivity index (χ4n) is 1.26. The minimum atomic E-state index is -1.36. The van der Waals surface area contributed by atoms with E-state index in [4.69, 9.17) is 9.84 Å². The highest BCUT2D eigenvalue weighted by molar-refractivity contribution is 6.14. The molecule has 2 rings (SSSR count). The van der Waals surface area contributed by atoms with E-state index in [9.17, 15) is 9.59 Å². The second-order valence-electron chi connectivity index (χ2n) is 2.70. The summed E-state index contributed by atoms with van der Waals surface area (Å²) in [6.07, 6.45) is -1.36. The van der Waals surface area contributed by atoms with E-state index in [0.717, 1.165) is 0 Å². The van der Waals surface area contributed by atoms with Crippen LogP contribution in [-0.4, -0.2) is 23.0 Å². The summed E-state index contributed by atoms with van der Waals surface area (Å²) < 4.78 is 4.93. The predicted octanol–water partition coefficient (Wildman–Crippen LogP) is 0.715. The third-order valence-electron chi connectivity index (χ3n) is 1.86. The summed E-state index contributed by atoms with van der Waals surface area (Å²) >= 11 is 0. The summed E-state index contributed by atoms with van der Waals surface area (Å²) in [5, 5.41) is 8.61. The highest BCUT2D eigenvalue weighted by Gasteiger charge is 2.37. The van der Waals surface area contributed by atoms with Gasteiger partial charge < -0.3 is 9.84 Å². The van der Waals surface area contributed by atoms with Gasteiger partial charge in [-0.05, 0) is 12.1 Å². The van der Waals surface area contributed by atoms with Gasteiger partial charge in [-0.2, -0.15) is 0 Å². The number of rotatable bonds is 1. The van der Waals surface area contributed by atoms with Crippen LogP contribution >= 0.6 is 0 Å². The number of hydrogen-bond donors (Lipinski definition) is 1. The smallest absolute Gasteiger partial charge is 0.353 e. The SMILES string of the molecule is O=C(O)C1Oc2ccccc2C1=O. The molecule has 0 aromatic heterocycles. The molecule has 0 saturated heterocycles. The minimum absolute atomic E-state index is 0.343. The van der Waals surface area contributed by atoms with Gasteiger partial charge in [0, 0.05) is 0 Å². The first-order valence-electron chi connectivity index (χ1n) is 3.73. The Hall–Kier alpha value is -1.84. The van der Waals surface area contributed by atoms with Gasteiger partial charge in [0.05, 0.1) is 5.56 Å². The lowest BCUT2D eigenvalue weighted by atomic mass is 10.1. The normalized spacial score (nSPS) is 19.4. The Morgan fingerprint density at radius 3 is 2.69 bits per heavy atom. The highest BCUT2D eigenvalue weighted by atomic mass is 16.5. The van der Waals surface area contributed by atoms with Crippen LogP contribution in [0.15, 0.2) is 24.3 Å². The standard InChI is InChI=1S/C9H6O4/c10-7-5-3-1-2-4-6(5)13-8(7)9(11)12/h1-4,8H,(H,11,12). The lowest BCUT2D eigenvalue weighted by Gasteiger charge is -2.01. The molecule has 4 heteroatoms. The number of Topliss-reactive ketones (excluding diaryl/α,β-unsaturated/α-hetero) is 1. The fraction of sp³-hybridized carbons (Fsp3) is 0.111. The zero-order valence-corrected chi connectivity index (χ0v) is 6.56. The second-order valence-corrected chi connectivity index (χ2v) is 2.70. The van der Waals surface area contributed by atoms with Crippen molar-refractivity contribution in [2.75, 3.05) is 0 Å². The summed E-state index contributed by atoms with van der Waals surface area (Å²) in [6.45, 7) is 0. The van der Waals surface area contributed by atoms with Gasteiger partial charge in [-0.15, -0.1) is 0 Å². The predicted molar refractivity (Wildman–Crippen MR) is 42.8 cm³/mol. The lowest BCUT2D eigenvalue weighted by molar-refractivity contribution is -0.142. The molecule has 1 aliphatic rings. The molecule has 1 atom stereocenters. The van der Waals surface area contributed by atoms with Crippen LogP contribution in [0, 0.1) is 0 Å². The van der Waals surface area contributed by atoms with Crippen LogP contribution in [0.3, 0.4) is 0 Å². The fourth-order valence-corrected chi connectivity index (χ4v) is 1.26. The molecule has 4 nitrogen and oxygen atoms in total. The molecule has 0 spiro atoms. The van der Waals surface area contributed by atoms with Crippen molar-refractivity contribution in [1.82, 2.24) is 0 Å². The number of fused-ring (bicyclic) bond motifs is 1. The average Bonchev–Trinajstić information content (AvgIpc) is 2.45. The number of carbonyl (C=O) groups excluding carboxylic acids is 1. The molecule has 0 fully saturated rings. The second kappa shape index (κ2) is 2.58. The van der Waals surface area contributed by atoms with Crippen molar-refractivity contribution in [3.05, 3.63) is 29.8 Å². The lowest BCUT2D eigenvalue weighted by Crippen LogP contribution is -2.30. The van der Waals surface area contributed by atoms with Gasteiger partial charge >= 0.3 is 5.97 Å². The van der Waals surface area contributed by atoms with Crippen molar-refractivity contribution < 1.29 is 19.4 Å². The molecule has 13 heavy (non-hydrogen) atoms. The van der Waals surface area contributed by atoms with Crippen LogP contribution in [0.4, 0.5) is 0 Å². The number of carbonyl (C=O) groups is 2. The molecule has 0 bridgehead atoms. The third kappa shape index (κ3) is 1.07. The molecule has 1 unspecified atom stereocenters. The molecular weight excluding hydrogens is 172 g/mol. The van der Waals surface area contributed by atoms with Crippen molar-refractivity contribution >= 4 is 11.8 Å². The van der Waals surface area contributed by atoms with E-state index in [1.807, 2.05) is 0 Å². The first kappa shape index (κ1) is 7.79. The van der Waals surface area contributed by atoms with Gasteiger partial charge in [0.25, 0.3) is 6.10 Å². The van der Waals surface area contributed by atoms with E-state index in [-0.39, 0.29) is 0 Å². The molecular formula is C9H6O4. The average molecular weight is 178 g/mol. The molecule has 0 amide bonds. The minimum Gasteiger partial charge on any atom is -0.478 e. The summed E-state index contributed by atoms with van der Waals surface area (Å²) in [5.41, 5.74) is 0.343. The van der Waals surface area contributed by atoms with Gasteiger partial charge in [-0.25, -0.2) is 4.79 Å². The topological polar surface area (TPSA) is 63.6 Å². The van der Waals surface area contributed by atoms with E-state index in [1.165, 1.54) is 0 Å². The zero-order valence-electron chi connectivity index (χ0n) is 6.56. The van der Waals surface area contributed by atoms with Gasteiger partial charge in [0.2, 0.25) is 5.78 Å². The molecule has 1 aromatic carbocycles. The number of aliphatic carboxylic acids is 1. The molecule has 0 aliphatic carbocycles. The summed E-state index contributed by atoms with van der Waals surface area (Å²) in [5.74, 6) is -1.38.